The summed E-state index contributed by atoms with van der Waals surface area (Å²) in [6, 6.07) is 2.46. The van der Waals surface area contributed by atoms with Crippen molar-refractivity contribution in [1.82, 2.24) is 0 Å². The fraction of sp³-hybridized carbons (Fsp3) is 0.222. The Morgan fingerprint density at radius 1 is 1.19 bits per heavy atom. The van der Waals surface area contributed by atoms with Crippen LogP contribution < -0.4 is 5.32 Å². The highest BCUT2D eigenvalue weighted by atomic mass is 79.9. The third-order valence-electron chi connectivity index (χ3n) is 2.09. The minimum Gasteiger partial charge on any atom is -0.320 e. The molecule has 0 radical (unpaired) electrons. The van der Waals surface area contributed by atoms with Gasteiger partial charge in [-0.3, -0.25) is 4.79 Å². The molecule has 12 heteroatoms. The van der Waals surface area contributed by atoms with Gasteiger partial charge in [-0.05, 0) is 34.1 Å². The number of alkyl halides is 5. The first kappa shape index (κ1) is 18.1. The van der Waals surface area contributed by atoms with Crippen molar-refractivity contribution in [3.05, 3.63) is 22.7 Å². The summed E-state index contributed by atoms with van der Waals surface area (Å²) in [5.74, 6) is -8.18. The lowest BCUT2D eigenvalue weighted by Gasteiger charge is -2.18. The summed E-state index contributed by atoms with van der Waals surface area (Å²) in [5.41, 5.74) is -0.472. The SMILES string of the molecule is O=C(Nc1ccc(S(=O)(=O)Cl)c(Br)c1)C(F)(F)C(F)(F)F. The Hall–Kier alpha value is -0.940. The van der Waals surface area contributed by atoms with Crippen molar-refractivity contribution >= 4 is 47.3 Å². The monoisotopic (exact) mass is 415 g/mol. The van der Waals surface area contributed by atoms with E-state index in [4.69, 9.17) is 10.7 Å². The smallest absolute Gasteiger partial charge is 0.320 e. The van der Waals surface area contributed by atoms with E-state index in [1.807, 2.05) is 0 Å². The molecule has 1 aromatic rings. The number of amides is 1. The van der Waals surface area contributed by atoms with Gasteiger partial charge < -0.3 is 5.32 Å². The third-order valence-corrected chi connectivity index (χ3v) is 4.39. The Morgan fingerprint density at radius 3 is 2.10 bits per heavy atom. The van der Waals surface area contributed by atoms with E-state index in [2.05, 4.69) is 15.9 Å². The van der Waals surface area contributed by atoms with Gasteiger partial charge in [0.25, 0.3) is 9.05 Å². The first-order valence-electron chi connectivity index (χ1n) is 4.77. The molecule has 0 saturated heterocycles. The molecule has 1 aromatic carbocycles. The summed E-state index contributed by atoms with van der Waals surface area (Å²) < 4.78 is 83.2. The summed E-state index contributed by atoms with van der Waals surface area (Å²) in [7, 11) is 0.895. The molecule has 0 atom stereocenters. The lowest BCUT2D eigenvalue weighted by molar-refractivity contribution is -0.267. The van der Waals surface area contributed by atoms with Crippen molar-refractivity contribution in [1.29, 1.82) is 0 Å². The molecule has 1 rings (SSSR count). The van der Waals surface area contributed by atoms with Crippen molar-refractivity contribution in [2.75, 3.05) is 5.32 Å². The van der Waals surface area contributed by atoms with Gasteiger partial charge in [0, 0.05) is 20.8 Å². The maximum Gasteiger partial charge on any atom is 0.463 e. The molecule has 0 spiro atoms. The molecule has 0 unspecified atom stereocenters. The molecule has 0 aliphatic heterocycles. The molecule has 0 saturated carbocycles. The molecule has 118 valence electrons. The predicted molar refractivity (Wildman–Crippen MR) is 66.8 cm³/mol. The number of carbonyl (C=O) groups excluding carboxylic acids is 1. The van der Waals surface area contributed by atoms with Gasteiger partial charge in [0.1, 0.15) is 0 Å². The van der Waals surface area contributed by atoms with Gasteiger partial charge in [-0.15, -0.1) is 0 Å². The Kier molecular flexibility index (Phi) is 4.91. The minimum absolute atomic E-state index is 0.217. The van der Waals surface area contributed by atoms with Crippen molar-refractivity contribution in [2.45, 2.75) is 17.0 Å². The standard InChI is InChI=1S/C9H4BrClF5NO3S/c10-5-3-4(1-2-6(5)21(11,19)20)17-7(18)8(12,13)9(14,15)16/h1-3H,(H,17,18). The van der Waals surface area contributed by atoms with Crippen LogP contribution in [0.25, 0.3) is 0 Å². The molecule has 1 N–H and O–H groups in total. The zero-order chi connectivity index (χ0) is 16.6. The van der Waals surface area contributed by atoms with Crippen LogP contribution in [0.3, 0.4) is 0 Å². The quantitative estimate of drug-likeness (QED) is 0.606. The average Bonchev–Trinajstić information content (AvgIpc) is 2.25. The summed E-state index contributed by atoms with van der Waals surface area (Å²) >= 11 is 2.74. The number of carbonyl (C=O) groups is 1. The molecule has 21 heavy (non-hydrogen) atoms. The van der Waals surface area contributed by atoms with Gasteiger partial charge in [-0.2, -0.15) is 22.0 Å². The van der Waals surface area contributed by atoms with Crippen molar-refractivity contribution in [2.24, 2.45) is 0 Å². The number of hydrogen-bond donors (Lipinski definition) is 1. The lowest BCUT2D eigenvalue weighted by Crippen LogP contribution is -2.47. The summed E-state index contributed by atoms with van der Waals surface area (Å²) in [6.07, 6.45) is -6.05. The second-order valence-electron chi connectivity index (χ2n) is 3.61. The molecule has 1 amide bonds. The van der Waals surface area contributed by atoms with E-state index in [1.54, 1.807) is 0 Å². The van der Waals surface area contributed by atoms with Gasteiger partial charge in [0.15, 0.2) is 0 Å². The van der Waals surface area contributed by atoms with Crippen LogP contribution in [0.2, 0.25) is 0 Å². The van der Waals surface area contributed by atoms with E-state index in [0.717, 1.165) is 18.2 Å². The highest BCUT2D eigenvalue weighted by molar-refractivity contribution is 9.10. The second-order valence-corrected chi connectivity index (χ2v) is 7.00. The summed E-state index contributed by atoms with van der Waals surface area (Å²) in [6.45, 7) is 0. The van der Waals surface area contributed by atoms with Crippen LogP contribution in [0.5, 0.6) is 0 Å². The molecule has 0 bridgehead atoms. The second kappa shape index (κ2) is 5.69. The third kappa shape index (κ3) is 4.04. The van der Waals surface area contributed by atoms with Gasteiger partial charge in [0.2, 0.25) is 0 Å². The van der Waals surface area contributed by atoms with Gasteiger partial charge in [-0.1, -0.05) is 0 Å². The molecular weight excluding hydrogens is 413 g/mol. The highest BCUT2D eigenvalue weighted by Gasteiger charge is 2.63. The lowest BCUT2D eigenvalue weighted by atomic mass is 10.2. The predicted octanol–water partition coefficient (Wildman–Crippen LogP) is 3.51. The Morgan fingerprint density at radius 2 is 1.71 bits per heavy atom. The largest absolute Gasteiger partial charge is 0.463 e. The molecule has 0 aliphatic rings. The van der Waals surface area contributed by atoms with Crippen LogP contribution in [0.4, 0.5) is 27.6 Å². The fourth-order valence-electron chi connectivity index (χ4n) is 1.11. The number of halogens is 7. The van der Waals surface area contributed by atoms with Crippen LogP contribution in [0, 0.1) is 0 Å². The van der Waals surface area contributed by atoms with E-state index in [-0.39, 0.29) is 4.47 Å². The van der Waals surface area contributed by atoms with E-state index >= 15 is 0 Å². The molecule has 0 fully saturated rings. The zero-order valence-electron chi connectivity index (χ0n) is 9.51. The van der Waals surface area contributed by atoms with Gasteiger partial charge in [0.05, 0.1) is 4.90 Å². The molecule has 4 nitrogen and oxygen atoms in total. The number of anilines is 1. The highest BCUT2D eigenvalue weighted by Crippen LogP contribution is 2.36. The van der Waals surface area contributed by atoms with Crippen LogP contribution in [-0.4, -0.2) is 26.4 Å². The van der Waals surface area contributed by atoms with Crippen LogP contribution >= 0.6 is 26.6 Å². The van der Waals surface area contributed by atoms with Crippen LogP contribution in [0.1, 0.15) is 0 Å². The zero-order valence-corrected chi connectivity index (χ0v) is 12.7. The molecule has 0 aromatic heterocycles. The molecular formula is C9H4BrClF5NO3S. The summed E-state index contributed by atoms with van der Waals surface area (Å²) in [5, 5.41) is 1.33. The van der Waals surface area contributed by atoms with Crippen molar-refractivity contribution in [3.8, 4) is 0 Å². The van der Waals surface area contributed by atoms with E-state index < -0.39 is 37.6 Å². The van der Waals surface area contributed by atoms with E-state index in [0.29, 0.717) is 0 Å². The minimum atomic E-state index is -6.05. The Labute approximate surface area is 127 Å². The number of nitrogens with one attached hydrogen (secondary N) is 1. The van der Waals surface area contributed by atoms with Crippen molar-refractivity contribution in [3.63, 3.8) is 0 Å². The van der Waals surface area contributed by atoms with Gasteiger partial charge >= 0.3 is 18.0 Å². The van der Waals surface area contributed by atoms with Crippen molar-refractivity contribution < 1.29 is 35.2 Å². The number of benzene rings is 1. The Balaban J connectivity index is 3.06. The average molecular weight is 417 g/mol. The summed E-state index contributed by atoms with van der Waals surface area (Å²) in [4.78, 5) is 10.5. The normalized spacial score (nSPS) is 13.1. The van der Waals surface area contributed by atoms with Gasteiger partial charge in [-0.25, -0.2) is 8.42 Å². The first-order valence-corrected chi connectivity index (χ1v) is 7.87. The number of hydrogen-bond acceptors (Lipinski definition) is 3. The number of rotatable bonds is 3. The Bertz CT molecular complexity index is 676. The maximum absolute atomic E-state index is 12.7. The van der Waals surface area contributed by atoms with Crippen LogP contribution in [-0.2, 0) is 13.8 Å². The fourth-order valence-corrected chi connectivity index (χ4v) is 3.34. The maximum atomic E-state index is 12.7. The molecule has 0 heterocycles. The van der Waals surface area contributed by atoms with E-state index in [1.165, 1.54) is 5.32 Å². The molecule has 0 aliphatic carbocycles. The van der Waals surface area contributed by atoms with E-state index in [9.17, 15) is 35.2 Å². The van der Waals surface area contributed by atoms with Crippen LogP contribution in [0.15, 0.2) is 27.6 Å². The topological polar surface area (TPSA) is 63.2 Å². The first-order chi connectivity index (χ1) is 9.26.